The van der Waals surface area contributed by atoms with E-state index in [9.17, 15) is 4.79 Å². The molecule has 3 nitrogen and oxygen atoms in total. The van der Waals surface area contributed by atoms with Crippen LogP contribution < -0.4 is 10.4 Å². The van der Waals surface area contributed by atoms with Gasteiger partial charge in [0.15, 0.2) is 0 Å². The molecule has 0 aliphatic rings. The quantitative estimate of drug-likeness (QED) is 0.649. The molecule has 3 heteroatoms. The Bertz CT molecular complexity index is 773. The van der Waals surface area contributed by atoms with Gasteiger partial charge in [0, 0.05) is 0 Å². The predicted octanol–water partition coefficient (Wildman–Crippen LogP) is 3.89. The Balaban J connectivity index is 2.17. The van der Waals surface area contributed by atoms with Crippen LogP contribution in [0.1, 0.15) is 5.56 Å². The monoisotopic (exact) mass is 252 g/mol. The van der Waals surface area contributed by atoms with Gasteiger partial charge in [-0.15, -0.1) is 0 Å². The van der Waals surface area contributed by atoms with Gasteiger partial charge in [-0.05, 0) is 31.2 Å². The number of para-hydroxylation sites is 1. The molecule has 0 fully saturated rings. The lowest BCUT2D eigenvalue weighted by Crippen LogP contribution is -1.98. The van der Waals surface area contributed by atoms with Crippen molar-refractivity contribution in [1.82, 2.24) is 0 Å². The summed E-state index contributed by atoms with van der Waals surface area (Å²) in [5, 5.41) is 0.795. The molecule has 0 radical (unpaired) electrons. The van der Waals surface area contributed by atoms with Crippen LogP contribution in [0.5, 0.6) is 11.5 Å². The molecule has 0 bridgehead atoms. The molecule has 0 amide bonds. The second kappa shape index (κ2) is 4.61. The van der Waals surface area contributed by atoms with Crippen molar-refractivity contribution in [2.75, 3.05) is 0 Å². The molecule has 0 aliphatic heterocycles. The third-order valence-corrected chi connectivity index (χ3v) is 2.83. The smallest absolute Gasteiger partial charge is 0.339 e. The maximum absolute atomic E-state index is 11.5. The molecule has 1 aromatic heterocycles. The van der Waals surface area contributed by atoms with Gasteiger partial charge < -0.3 is 9.15 Å². The van der Waals surface area contributed by atoms with Gasteiger partial charge in [0.1, 0.15) is 17.1 Å². The molecule has 0 saturated carbocycles. The lowest BCUT2D eigenvalue weighted by atomic mass is 10.1. The summed E-state index contributed by atoms with van der Waals surface area (Å²) in [6, 6.07) is 16.4. The SMILES string of the molecule is Cc1ccc2oc(=O)cc(Oc3ccccc3)c2c1. The van der Waals surface area contributed by atoms with Gasteiger partial charge in [-0.3, -0.25) is 0 Å². The first-order valence-corrected chi connectivity index (χ1v) is 6.00. The van der Waals surface area contributed by atoms with E-state index in [1.165, 1.54) is 6.07 Å². The molecular formula is C16H12O3. The molecule has 0 atom stereocenters. The van der Waals surface area contributed by atoms with Gasteiger partial charge in [0.2, 0.25) is 0 Å². The zero-order valence-electron chi connectivity index (χ0n) is 10.4. The van der Waals surface area contributed by atoms with Gasteiger partial charge in [-0.2, -0.15) is 0 Å². The average Bonchev–Trinajstić information content (AvgIpc) is 2.41. The molecule has 0 aliphatic carbocycles. The van der Waals surface area contributed by atoms with Crippen LogP contribution in [0.4, 0.5) is 0 Å². The van der Waals surface area contributed by atoms with Crippen molar-refractivity contribution in [3.8, 4) is 11.5 Å². The highest BCUT2D eigenvalue weighted by atomic mass is 16.5. The number of hydrogen-bond acceptors (Lipinski definition) is 3. The second-order valence-corrected chi connectivity index (χ2v) is 4.34. The van der Waals surface area contributed by atoms with Crippen LogP contribution in [-0.2, 0) is 0 Å². The lowest BCUT2D eigenvalue weighted by Gasteiger charge is -2.08. The molecule has 0 N–H and O–H groups in total. The Kier molecular flexibility index (Phi) is 2.80. The first kappa shape index (κ1) is 11.5. The number of fused-ring (bicyclic) bond motifs is 1. The maximum Gasteiger partial charge on any atom is 0.339 e. The van der Waals surface area contributed by atoms with Crippen LogP contribution in [0.3, 0.4) is 0 Å². The van der Waals surface area contributed by atoms with Gasteiger partial charge in [0.05, 0.1) is 11.5 Å². The van der Waals surface area contributed by atoms with Gasteiger partial charge in [0.25, 0.3) is 0 Å². The summed E-state index contributed by atoms with van der Waals surface area (Å²) in [7, 11) is 0. The summed E-state index contributed by atoms with van der Waals surface area (Å²) in [6.45, 7) is 1.98. The highest BCUT2D eigenvalue weighted by Gasteiger charge is 2.07. The van der Waals surface area contributed by atoms with E-state index in [4.69, 9.17) is 9.15 Å². The molecule has 19 heavy (non-hydrogen) atoms. The van der Waals surface area contributed by atoms with E-state index in [-0.39, 0.29) is 0 Å². The third kappa shape index (κ3) is 2.36. The van der Waals surface area contributed by atoms with Gasteiger partial charge in [-0.1, -0.05) is 29.8 Å². The van der Waals surface area contributed by atoms with E-state index in [1.54, 1.807) is 6.07 Å². The fourth-order valence-electron chi connectivity index (χ4n) is 1.95. The minimum absolute atomic E-state index is 0.415. The normalized spacial score (nSPS) is 10.6. The molecule has 0 spiro atoms. The van der Waals surface area contributed by atoms with Crippen LogP contribution in [0.2, 0.25) is 0 Å². The summed E-state index contributed by atoms with van der Waals surface area (Å²) in [5.74, 6) is 1.21. The Morgan fingerprint density at radius 2 is 1.79 bits per heavy atom. The van der Waals surface area contributed by atoms with Gasteiger partial charge >= 0.3 is 5.63 Å². The fourth-order valence-corrected chi connectivity index (χ4v) is 1.95. The number of benzene rings is 2. The van der Waals surface area contributed by atoms with Crippen LogP contribution in [-0.4, -0.2) is 0 Å². The van der Waals surface area contributed by atoms with E-state index in [1.807, 2.05) is 49.4 Å². The molecule has 3 aromatic rings. The minimum atomic E-state index is -0.415. The number of rotatable bonds is 2. The van der Waals surface area contributed by atoms with Crippen LogP contribution in [0.15, 0.2) is 63.8 Å². The van der Waals surface area contributed by atoms with Crippen molar-refractivity contribution in [3.63, 3.8) is 0 Å². The highest BCUT2D eigenvalue weighted by Crippen LogP contribution is 2.28. The van der Waals surface area contributed by atoms with Crippen LogP contribution >= 0.6 is 0 Å². The largest absolute Gasteiger partial charge is 0.456 e. The molecule has 1 heterocycles. The summed E-state index contributed by atoms with van der Waals surface area (Å²) < 4.78 is 10.9. The third-order valence-electron chi connectivity index (χ3n) is 2.83. The topological polar surface area (TPSA) is 39.4 Å². The van der Waals surface area contributed by atoms with Crippen LogP contribution in [0.25, 0.3) is 11.0 Å². The summed E-state index contributed by atoms with van der Waals surface area (Å²) in [4.78, 5) is 11.5. The molecule has 3 rings (SSSR count). The van der Waals surface area contributed by atoms with E-state index >= 15 is 0 Å². The number of aryl methyl sites for hydroxylation is 1. The standard InChI is InChI=1S/C16H12O3/c1-11-7-8-14-13(9-11)15(10-16(17)19-14)18-12-5-3-2-4-6-12/h2-10H,1H3. The predicted molar refractivity (Wildman–Crippen MR) is 73.7 cm³/mol. The second-order valence-electron chi connectivity index (χ2n) is 4.34. The van der Waals surface area contributed by atoms with E-state index in [0.717, 1.165) is 10.9 Å². The molecule has 0 unspecified atom stereocenters. The van der Waals surface area contributed by atoms with Crippen molar-refractivity contribution in [2.24, 2.45) is 0 Å². The van der Waals surface area contributed by atoms with Crippen molar-refractivity contribution >= 4 is 11.0 Å². The Morgan fingerprint density at radius 1 is 1.00 bits per heavy atom. The summed E-state index contributed by atoms with van der Waals surface area (Å²) in [5.41, 5.74) is 1.20. The summed E-state index contributed by atoms with van der Waals surface area (Å²) >= 11 is 0. The highest BCUT2D eigenvalue weighted by molar-refractivity contribution is 5.84. The zero-order chi connectivity index (χ0) is 13.2. The first-order chi connectivity index (χ1) is 9.22. The summed E-state index contributed by atoms with van der Waals surface area (Å²) in [6.07, 6.45) is 0. The first-order valence-electron chi connectivity index (χ1n) is 6.00. The van der Waals surface area contributed by atoms with Gasteiger partial charge in [-0.25, -0.2) is 4.79 Å². The van der Waals surface area contributed by atoms with Crippen molar-refractivity contribution in [3.05, 3.63) is 70.6 Å². The maximum atomic E-state index is 11.5. The number of ether oxygens (including phenoxy) is 1. The van der Waals surface area contributed by atoms with Crippen molar-refractivity contribution in [2.45, 2.75) is 6.92 Å². The Hall–Kier alpha value is -2.55. The molecule has 0 saturated heterocycles. The number of hydrogen-bond donors (Lipinski definition) is 0. The molecule has 94 valence electrons. The fraction of sp³-hybridized carbons (Fsp3) is 0.0625. The lowest BCUT2D eigenvalue weighted by molar-refractivity contribution is 0.475. The zero-order valence-corrected chi connectivity index (χ0v) is 10.4. The Labute approximate surface area is 110 Å². The minimum Gasteiger partial charge on any atom is -0.456 e. The Morgan fingerprint density at radius 3 is 2.58 bits per heavy atom. The van der Waals surface area contributed by atoms with Crippen molar-refractivity contribution in [1.29, 1.82) is 0 Å². The van der Waals surface area contributed by atoms with E-state index in [2.05, 4.69) is 0 Å². The van der Waals surface area contributed by atoms with E-state index < -0.39 is 5.63 Å². The average molecular weight is 252 g/mol. The molecular weight excluding hydrogens is 240 g/mol. The van der Waals surface area contributed by atoms with E-state index in [0.29, 0.717) is 17.1 Å². The van der Waals surface area contributed by atoms with Crippen molar-refractivity contribution < 1.29 is 9.15 Å². The van der Waals surface area contributed by atoms with Crippen LogP contribution in [0, 0.1) is 6.92 Å². The molecule has 2 aromatic carbocycles.